The highest BCUT2D eigenvalue weighted by Gasteiger charge is 2.70. The molecule has 0 aromatic heterocycles. The van der Waals surface area contributed by atoms with Crippen molar-refractivity contribution in [1.29, 1.82) is 0 Å². The highest BCUT2D eigenvalue weighted by atomic mass is 35.5. The van der Waals surface area contributed by atoms with Crippen molar-refractivity contribution < 1.29 is 14.3 Å². The van der Waals surface area contributed by atoms with E-state index in [4.69, 9.17) is 15.2 Å². The van der Waals surface area contributed by atoms with Crippen molar-refractivity contribution in [2.45, 2.75) is 45.3 Å². The largest absolute Gasteiger partial charge is 0.492 e. The summed E-state index contributed by atoms with van der Waals surface area (Å²) in [6.07, 6.45) is 2.02. The lowest BCUT2D eigenvalue weighted by Crippen LogP contribution is -2.82. The van der Waals surface area contributed by atoms with Crippen LogP contribution in [0.5, 0.6) is 5.75 Å². The van der Waals surface area contributed by atoms with Crippen LogP contribution in [0.1, 0.15) is 32.3 Å². The van der Waals surface area contributed by atoms with Gasteiger partial charge in [0.25, 0.3) is 0 Å². The van der Waals surface area contributed by atoms with Crippen molar-refractivity contribution in [1.82, 2.24) is 5.32 Å². The van der Waals surface area contributed by atoms with Crippen LogP contribution in [0.25, 0.3) is 0 Å². The van der Waals surface area contributed by atoms with Gasteiger partial charge in [0.2, 0.25) is 5.91 Å². The minimum atomic E-state index is -0.860. The summed E-state index contributed by atoms with van der Waals surface area (Å²) in [6, 6.07) is 7.87. The molecule has 25 heavy (non-hydrogen) atoms. The third kappa shape index (κ3) is 3.37. The zero-order valence-electron chi connectivity index (χ0n) is 15.2. The summed E-state index contributed by atoms with van der Waals surface area (Å²) < 4.78 is 11.5. The summed E-state index contributed by atoms with van der Waals surface area (Å²) in [7, 11) is 0. The molecule has 0 spiro atoms. The Kier molecular flexibility index (Phi) is 6.02. The van der Waals surface area contributed by atoms with Gasteiger partial charge in [-0.1, -0.05) is 26.0 Å². The molecule has 1 amide bonds. The number of aryl methyl sites for hydroxylation is 1. The van der Waals surface area contributed by atoms with E-state index >= 15 is 0 Å². The second-order valence-corrected chi connectivity index (χ2v) is 7.55. The fourth-order valence-electron chi connectivity index (χ4n) is 4.22. The molecule has 3 N–H and O–H groups in total. The fraction of sp³-hybridized carbons (Fsp3) is 0.632. The van der Waals surface area contributed by atoms with Gasteiger partial charge in [0, 0.05) is 17.9 Å². The molecule has 1 saturated heterocycles. The lowest BCUT2D eigenvalue weighted by Gasteiger charge is -2.65. The molecule has 140 valence electrons. The Balaban J connectivity index is 0.00000225. The van der Waals surface area contributed by atoms with Gasteiger partial charge >= 0.3 is 0 Å². The molecular weight excluding hydrogens is 340 g/mol. The van der Waals surface area contributed by atoms with Crippen molar-refractivity contribution in [2.75, 3.05) is 19.8 Å². The first-order valence-electron chi connectivity index (χ1n) is 8.75. The van der Waals surface area contributed by atoms with Crippen molar-refractivity contribution in [2.24, 2.45) is 17.1 Å². The monoisotopic (exact) mass is 368 g/mol. The topological polar surface area (TPSA) is 73.6 Å². The number of hydrogen-bond acceptors (Lipinski definition) is 4. The maximum absolute atomic E-state index is 12.7. The minimum absolute atomic E-state index is 0. The van der Waals surface area contributed by atoms with Gasteiger partial charge in [0.15, 0.2) is 0 Å². The fourth-order valence-corrected chi connectivity index (χ4v) is 4.22. The predicted octanol–water partition coefficient (Wildman–Crippen LogP) is 2.44. The Morgan fingerprint density at radius 1 is 1.44 bits per heavy atom. The van der Waals surface area contributed by atoms with Gasteiger partial charge in [0.1, 0.15) is 17.9 Å². The summed E-state index contributed by atoms with van der Waals surface area (Å²) in [5.74, 6) is 0.836. The molecule has 3 unspecified atom stereocenters. The lowest BCUT2D eigenvalue weighted by atomic mass is 9.46. The van der Waals surface area contributed by atoms with Crippen LogP contribution in [0.2, 0.25) is 0 Å². The molecular formula is C19H29ClN2O3. The quantitative estimate of drug-likeness (QED) is 0.783. The number of fused-ring (bicyclic) bond motifs is 1. The van der Waals surface area contributed by atoms with Gasteiger partial charge in [-0.2, -0.15) is 0 Å². The predicted molar refractivity (Wildman–Crippen MR) is 100 cm³/mol. The first kappa shape index (κ1) is 20.0. The number of amides is 1. The van der Waals surface area contributed by atoms with Gasteiger partial charge < -0.3 is 20.5 Å². The second-order valence-electron chi connectivity index (χ2n) is 7.55. The van der Waals surface area contributed by atoms with Crippen LogP contribution in [0.15, 0.2) is 24.3 Å². The zero-order chi connectivity index (χ0) is 17.4. The highest BCUT2D eigenvalue weighted by Crippen LogP contribution is 2.57. The molecule has 0 bridgehead atoms. The Labute approximate surface area is 156 Å². The molecule has 1 aliphatic heterocycles. The van der Waals surface area contributed by atoms with Crippen LogP contribution in [-0.2, 0) is 9.53 Å². The first-order valence-corrected chi connectivity index (χ1v) is 8.75. The molecule has 3 rings (SSSR count). The third-order valence-electron chi connectivity index (χ3n) is 5.71. The van der Waals surface area contributed by atoms with Gasteiger partial charge in [0.05, 0.1) is 12.6 Å². The van der Waals surface area contributed by atoms with E-state index in [2.05, 4.69) is 5.32 Å². The van der Waals surface area contributed by atoms with Gasteiger partial charge in [-0.05, 0) is 37.5 Å². The summed E-state index contributed by atoms with van der Waals surface area (Å²) in [4.78, 5) is 12.7. The number of nitrogens with two attached hydrogens (primary N) is 1. The number of ether oxygens (including phenoxy) is 2. The van der Waals surface area contributed by atoms with Crippen LogP contribution >= 0.6 is 12.4 Å². The average molecular weight is 369 g/mol. The van der Waals surface area contributed by atoms with Crippen LogP contribution in [0.3, 0.4) is 0 Å². The standard InChI is InChI=1S/C19H28N2O3.ClH/c1-13-6-4-7-14(12-13)23-11-9-21-17(22)19(20)15-8-5-10-24-16(15)18(19,2)3;/h4,6-7,12,15-16H,5,8-11,20H2,1-3H3,(H,21,22);1H. The molecule has 5 nitrogen and oxygen atoms in total. The number of carbonyl (C=O) groups is 1. The maximum atomic E-state index is 12.7. The van der Waals surface area contributed by atoms with E-state index in [1.165, 1.54) is 0 Å². The average Bonchev–Trinajstić information content (AvgIpc) is 2.57. The summed E-state index contributed by atoms with van der Waals surface area (Å²) in [5.41, 5.74) is 6.50. The van der Waals surface area contributed by atoms with Gasteiger partial charge in [-0.25, -0.2) is 0 Å². The van der Waals surface area contributed by atoms with E-state index in [1.54, 1.807) is 0 Å². The number of rotatable bonds is 5. The molecule has 3 atom stereocenters. The normalized spacial score (nSPS) is 29.6. The number of benzene rings is 1. The van der Waals surface area contributed by atoms with E-state index in [0.717, 1.165) is 30.8 Å². The molecule has 1 saturated carbocycles. The lowest BCUT2D eigenvalue weighted by molar-refractivity contribution is -0.225. The molecule has 1 heterocycles. The highest BCUT2D eigenvalue weighted by molar-refractivity contribution is 5.89. The Morgan fingerprint density at radius 3 is 2.92 bits per heavy atom. The Bertz CT molecular complexity index is 622. The van der Waals surface area contributed by atoms with E-state index in [-0.39, 0.29) is 35.8 Å². The van der Waals surface area contributed by atoms with E-state index < -0.39 is 5.54 Å². The third-order valence-corrected chi connectivity index (χ3v) is 5.71. The summed E-state index contributed by atoms with van der Waals surface area (Å²) in [5, 5.41) is 2.95. The second kappa shape index (κ2) is 7.52. The Morgan fingerprint density at radius 2 is 2.20 bits per heavy atom. The summed E-state index contributed by atoms with van der Waals surface area (Å²) >= 11 is 0. The molecule has 1 aromatic rings. The molecule has 1 aromatic carbocycles. The first-order chi connectivity index (χ1) is 11.4. The van der Waals surface area contributed by atoms with Crippen LogP contribution < -0.4 is 15.8 Å². The minimum Gasteiger partial charge on any atom is -0.492 e. The smallest absolute Gasteiger partial charge is 0.241 e. The van der Waals surface area contributed by atoms with E-state index in [1.807, 2.05) is 45.0 Å². The molecule has 2 fully saturated rings. The van der Waals surface area contributed by atoms with Crippen molar-refractivity contribution >= 4 is 18.3 Å². The number of nitrogens with one attached hydrogen (secondary N) is 1. The number of carbonyl (C=O) groups excluding carboxylic acids is 1. The van der Waals surface area contributed by atoms with Gasteiger partial charge in [-0.3, -0.25) is 4.79 Å². The molecule has 0 radical (unpaired) electrons. The molecule has 6 heteroatoms. The van der Waals surface area contributed by atoms with Gasteiger partial charge in [-0.15, -0.1) is 12.4 Å². The van der Waals surface area contributed by atoms with E-state index in [9.17, 15) is 4.79 Å². The Hall–Kier alpha value is -1.30. The number of halogens is 1. The molecule has 2 aliphatic rings. The van der Waals surface area contributed by atoms with Crippen LogP contribution in [0.4, 0.5) is 0 Å². The number of hydrogen-bond donors (Lipinski definition) is 2. The van der Waals surface area contributed by atoms with Crippen LogP contribution in [0, 0.1) is 18.3 Å². The zero-order valence-corrected chi connectivity index (χ0v) is 16.0. The molecule has 1 aliphatic carbocycles. The summed E-state index contributed by atoms with van der Waals surface area (Å²) in [6.45, 7) is 7.72. The van der Waals surface area contributed by atoms with Crippen LogP contribution in [-0.4, -0.2) is 37.3 Å². The van der Waals surface area contributed by atoms with Crippen molar-refractivity contribution in [3.63, 3.8) is 0 Å². The van der Waals surface area contributed by atoms with Crippen molar-refractivity contribution in [3.8, 4) is 5.75 Å². The van der Waals surface area contributed by atoms with Crippen molar-refractivity contribution in [3.05, 3.63) is 29.8 Å². The SMILES string of the molecule is Cc1cccc(OCCNC(=O)C2(N)C3CCCOC3C2(C)C)c1.Cl. The maximum Gasteiger partial charge on any atom is 0.241 e. The van der Waals surface area contributed by atoms with E-state index in [0.29, 0.717) is 13.2 Å².